The van der Waals surface area contributed by atoms with Crippen LogP contribution in [0, 0.1) is 6.92 Å². The second-order valence-electron chi connectivity index (χ2n) is 7.89. The van der Waals surface area contributed by atoms with Crippen molar-refractivity contribution >= 4 is 21.6 Å². The number of aryl methyl sites for hydroxylation is 1. The zero-order valence-corrected chi connectivity index (χ0v) is 19.8. The Morgan fingerprint density at radius 1 is 1.06 bits per heavy atom. The molecule has 2 N–H and O–H groups in total. The molecular formula is C25H26N4O4S. The number of hydrogen-bond donors (Lipinski definition) is 2. The average Bonchev–Trinajstić information content (AvgIpc) is 3.27. The van der Waals surface area contributed by atoms with Crippen molar-refractivity contribution in [2.24, 2.45) is 0 Å². The number of sulfonamides is 1. The molecular weight excluding hydrogens is 452 g/mol. The highest BCUT2D eigenvalue weighted by Gasteiger charge is 2.13. The molecule has 2 aromatic heterocycles. The summed E-state index contributed by atoms with van der Waals surface area (Å²) in [5, 5.41) is 2.86. The van der Waals surface area contributed by atoms with Crippen LogP contribution in [0.1, 0.15) is 32.7 Å². The van der Waals surface area contributed by atoms with Gasteiger partial charge in [-0.3, -0.25) is 4.79 Å². The fraction of sp³-hybridized carbons (Fsp3) is 0.200. The van der Waals surface area contributed by atoms with E-state index < -0.39 is 10.0 Å². The number of carbonyl (C=O) groups excluding carboxylic acids is 1. The molecule has 0 atom stereocenters. The minimum atomic E-state index is -3.42. The molecule has 0 aliphatic rings. The highest BCUT2D eigenvalue weighted by atomic mass is 32.2. The van der Waals surface area contributed by atoms with Crippen LogP contribution in [0.2, 0.25) is 0 Å². The van der Waals surface area contributed by atoms with E-state index in [4.69, 9.17) is 4.74 Å². The van der Waals surface area contributed by atoms with E-state index in [0.29, 0.717) is 16.9 Å². The molecule has 9 heteroatoms. The third-order valence-corrected chi connectivity index (χ3v) is 6.74. The van der Waals surface area contributed by atoms with E-state index in [0.717, 1.165) is 22.5 Å². The lowest BCUT2D eigenvalue weighted by Crippen LogP contribution is -2.25. The van der Waals surface area contributed by atoms with Crippen molar-refractivity contribution in [3.8, 4) is 5.75 Å². The topological polar surface area (TPSA) is 102 Å². The predicted octanol–water partition coefficient (Wildman–Crippen LogP) is 3.20. The quantitative estimate of drug-likeness (QED) is 0.385. The van der Waals surface area contributed by atoms with Gasteiger partial charge in [-0.2, -0.15) is 0 Å². The van der Waals surface area contributed by atoms with Crippen molar-refractivity contribution in [2.45, 2.75) is 25.8 Å². The van der Waals surface area contributed by atoms with E-state index in [2.05, 4.69) is 15.0 Å². The fourth-order valence-corrected chi connectivity index (χ4v) is 4.42. The summed E-state index contributed by atoms with van der Waals surface area (Å²) in [7, 11) is -2.04. The van der Waals surface area contributed by atoms with E-state index in [1.807, 2.05) is 41.9 Å². The molecule has 4 rings (SSSR count). The van der Waals surface area contributed by atoms with Crippen LogP contribution in [0.25, 0.3) is 5.65 Å². The van der Waals surface area contributed by atoms with Crippen LogP contribution >= 0.6 is 0 Å². The number of rotatable bonds is 9. The third kappa shape index (κ3) is 5.62. The van der Waals surface area contributed by atoms with Gasteiger partial charge in [-0.25, -0.2) is 18.1 Å². The number of fused-ring (bicyclic) bond motifs is 1. The molecule has 176 valence electrons. The Labute approximate surface area is 198 Å². The minimum Gasteiger partial charge on any atom is -0.487 e. The van der Waals surface area contributed by atoms with Crippen LogP contribution < -0.4 is 14.8 Å². The van der Waals surface area contributed by atoms with E-state index in [-0.39, 0.29) is 24.8 Å². The predicted molar refractivity (Wildman–Crippen MR) is 130 cm³/mol. The van der Waals surface area contributed by atoms with Gasteiger partial charge in [0.1, 0.15) is 18.0 Å². The lowest BCUT2D eigenvalue weighted by atomic mass is 10.1. The molecule has 34 heavy (non-hydrogen) atoms. The molecule has 0 spiro atoms. The Kier molecular flexibility index (Phi) is 6.95. The van der Waals surface area contributed by atoms with Gasteiger partial charge in [0, 0.05) is 24.5 Å². The first-order valence-electron chi connectivity index (χ1n) is 10.8. The van der Waals surface area contributed by atoms with Gasteiger partial charge in [-0.15, -0.1) is 0 Å². The molecule has 0 fully saturated rings. The standard InChI is InChI=1S/C25H26N4O4S/c1-18-7-6-12-29-15-22(28-24(18)29)16-33-23-11-5-10-19(13-23)25(30)27-14-20-8-3-4-9-21(20)17-34(31,32)26-2/h3-13,15,26H,14,16-17H2,1-2H3,(H,27,30). The van der Waals surface area contributed by atoms with Gasteiger partial charge in [0.15, 0.2) is 0 Å². The van der Waals surface area contributed by atoms with E-state index in [1.54, 1.807) is 42.5 Å². The van der Waals surface area contributed by atoms with Crippen molar-refractivity contribution in [2.75, 3.05) is 7.05 Å². The van der Waals surface area contributed by atoms with Crippen LogP contribution in [0.5, 0.6) is 5.75 Å². The van der Waals surface area contributed by atoms with Gasteiger partial charge >= 0.3 is 0 Å². The molecule has 0 radical (unpaired) electrons. The third-order valence-electron chi connectivity index (χ3n) is 5.43. The summed E-state index contributed by atoms with van der Waals surface area (Å²) < 4.78 is 34.0. The van der Waals surface area contributed by atoms with E-state index in [1.165, 1.54) is 7.05 Å². The summed E-state index contributed by atoms with van der Waals surface area (Å²) in [5.74, 6) is 0.128. The molecule has 0 aliphatic carbocycles. The normalized spacial score (nSPS) is 11.5. The first kappa shape index (κ1) is 23.5. The van der Waals surface area contributed by atoms with Crippen molar-refractivity contribution < 1.29 is 17.9 Å². The summed E-state index contributed by atoms with van der Waals surface area (Å²) in [6.45, 7) is 2.49. The Morgan fingerprint density at radius 2 is 1.85 bits per heavy atom. The van der Waals surface area contributed by atoms with Gasteiger partial charge in [0.05, 0.1) is 11.4 Å². The molecule has 0 aliphatic heterocycles. The minimum absolute atomic E-state index is 0.151. The summed E-state index contributed by atoms with van der Waals surface area (Å²) in [6, 6.07) is 18.0. The first-order chi connectivity index (χ1) is 16.3. The fourth-order valence-electron chi connectivity index (χ4n) is 3.58. The van der Waals surface area contributed by atoms with Crippen molar-refractivity contribution in [3.05, 3.63) is 101 Å². The van der Waals surface area contributed by atoms with Crippen molar-refractivity contribution in [1.82, 2.24) is 19.4 Å². The number of benzene rings is 2. The highest BCUT2D eigenvalue weighted by Crippen LogP contribution is 2.17. The zero-order valence-electron chi connectivity index (χ0n) is 19.0. The van der Waals surface area contributed by atoms with Gasteiger partial charge in [0.2, 0.25) is 10.0 Å². The molecule has 0 unspecified atom stereocenters. The molecule has 1 amide bonds. The van der Waals surface area contributed by atoms with Gasteiger partial charge < -0.3 is 14.5 Å². The monoisotopic (exact) mass is 478 g/mol. The molecule has 0 saturated heterocycles. The SMILES string of the molecule is CNS(=O)(=O)Cc1ccccc1CNC(=O)c1cccc(OCc2cn3cccc(C)c3n2)c1. The summed E-state index contributed by atoms with van der Waals surface area (Å²) in [6.07, 6.45) is 3.86. The van der Waals surface area contributed by atoms with Crippen molar-refractivity contribution in [1.29, 1.82) is 0 Å². The van der Waals surface area contributed by atoms with Crippen molar-refractivity contribution in [3.63, 3.8) is 0 Å². The lowest BCUT2D eigenvalue weighted by Gasteiger charge is -2.11. The maximum atomic E-state index is 12.7. The number of carbonyl (C=O) groups is 1. The number of hydrogen-bond acceptors (Lipinski definition) is 5. The van der Waals surface area contributed by atoms with Crippen LogP contribution in [-0.2, 0) is 28.9 Å². The Hall–Kier alpha value is -3.69. The Bertz CT molecular complexity index is 1430. The van der Waals surface area contributed by atoms with Gasteiger partial charge in [-0.1, -0.05) is 36.4 Å². The molecule has 2 aromatic carbocycles. The number of amides is 1. The van der Waals surface area contributed by atoms with Gasteiger partial charge in [0.25, 0.3) is 5.91 Å². The second kappa shape index (κ2) is 10.1. The van der Waals surface area contributed by atoms with Crippen LogP contribution in [0.4, 0.5) is 0 Å². The molecule has 0 saturated carbocycles. The van der Waals surface area contributed by atoms with Crippen LogP contribution in [0.3, 0.4) is 0 Å². The molecule has 4 aromatic rings. The number of imidazole rings is 1. The first-order valence-corrected chi connectivity index (χ1v) is 12.4. The summed E-state index contributed by atoms with van der Waals surface area (Å²) >= 11 is 0. The highest BCUT2D eigenvalue weighted by molar-refractivity contribution is 7.88. The number of pyridine rings is 1. The van der Waals surface area contributed by atoms with Crippen LogP contribution in [-0.4, -0.2) is 30.8 Å². The lowest BCUT2D eigenvalue weighted by molar-refractivity contribution is 0.0950. The largest absolute Gasteiger partial charge is 0.487 e. The maximum Gasteiger partial charge on any atom is 0.251 e. The van der Waals surface area contributed by atoms with E-state index >= 15 is 0 Å². The van der Waals surface area contributed by atoms with Gasteiger partial charge in [-0.05, 0) is 54.9 Å². The Balaban J connectivity index is 1.40. The molecule has 8 nitrogen and oxygen atoms in total. The summed E-state index contributed by atoms with van der Waals surface area (Å²) in [5.41, 5.74) is 4.58. The summed E-state index contributed by atoms with van der Waals surface area (Å²) in [4.78, 5) is 17.3. The number of nitrogens with zero attached hydrogens (tertiary/aromatic N) is 2. The zero-order chi connectivity index (χ0) is 24.1. The number of aromatic nitrogens is 2. The van der Waals surface area contributed by atoms with E-state index in [9.17, 15) is 13.2 Å². The molecule has 2 heterocycles. The average molecular weight is 479 g/mol. The van der Waals surface area contributed by atoms with Crippen LogP contribution in [0.15, 0.2) is 73.1 Å². The Morgan fingerprint density at radius 3 is 2.62 bits per heavy atom. The number of ether oxygens (including phenoxy) is 1. The molecule has 0 bridgehead atoms. The number of nitrogens with one attached hydrogen (secondary N) is 2. The maximum absolute atomic E-state index is 12.7. The smallest absolute Gasteiger partial charge is 0.251 e. The second-order valence-corrected chi connectivity index (χ2v) is 9.81.